The van der Waals surface area contributed by atoms with Crippen molar-refractivity contribution in [2.24, 2.45) is 0 Å². The molecule has 0 atom stereocenters. The third-order valence-electron chi connectivity index (χ3n) is 9.58. The van der Waals surface area contributed by atoms with E-state index >= 15 is 0 Å². The van der Waals surface area contributed by atoms with Crippen LogP contribution in [0.1, 0.15) is 5.69 Å². The van der Waals surface area contributed by atoms with E-state index < -0.39 is 0 Å². The number of hydrogen-bond donors (Lipinski definition) is 1. The highest BCUT2D eigenvalue weighted by Crippen LogP contribution is 2.53. The van der Waals surface area contributed by atoms with Gasteiger partial charge < -0.3 is 10.2 Å². The molecule has 0 bridgehead atoms. The van der Waals surface area contributed by atoms with Gasteiger partial charge in [-0.1, -0.05) is 109 Å². The van der Waals surface area contributed by atoms with Crippen LogP contribution in [0.2, 0.25) is 0 Å². The fraction of sp³-hybridized carbons (Fsp3) is 0.0233. The van der Waals surface area contributed by atoms with E-state index in [1.807, 2.05) is 12.3 Å². The number of para-hydroxylation sites is 1. The van der Waals surface area contributed by atoms with Crippen LogP contribution in [0.5, 0.6) is 0 Å². The fourth-order valence-corrected chi connectivity index (χ4v) is 7.40. The van der Waals surface area contributed by atoms with Gasteiger partial charge in [0.05, 0.1) is 22.6 Å². The smallest absolute Gasteiger partial charge is 0.160 e. The molecule has 2 aliphatic rings. The molecule has 0 radical (unpaired) electrons. The van der Waals surface area contributed by atoms with E-state index in [4.69, 9.17) is 9.97 Å². The van der Waals surface area contributed by atoms with E-state index in [9.17, 15) is 0 Å². The van der Waals surface area contributed by atoms with Gasteiger partial charge in [0, 0.05) is 45.1 Å². The average molecular weight is 601 g/mol. The van der Waals surface area contributed by atoms with Crippen LogP contribution >= 0.6 is 0 Å². The molecule has 0 spiro atoms. The van der Waals surface area contributed by atoms with E-state index in [2.05, 4.69) is 150 Å². The van der Waals surface area contributed by atoms with Crippen LogP contribution in [0.3, 0.4) is 0 Å². The summed E-state index contributed by atoms with van der Waals surface area (Å²) in [5.74, 6) is 0.734. The maximum absolute atomic E-state index is 5.12. The van der Waals surface area contributed by atoms with Crippen LogP contribution in [0.25, 0.3) is 71.3 Å². The summed E-state index contributed by atoms with van der Waals surface area (Å²) in [6, 6.07) is 48.2. The number of hydrogen-bond acceptors (Lipinski definition) is 4. The molecule has 1 N–H and O–H groups in total. The summed E-state index contributed by atoms with van der Waals surface area (Å²) in [7, 11) is 0. The second-order valence-corrected chi connectivity index (χ2v) is 12.3. The quantitative estimate of drug-likeness (QED) is 0.219. The molecule has 2 aliphatic heterocycles. The highest BCUT2D eigenvalue weighted by molar-refractivity contribution is 6.19. The van der Waals surface area contributed by atoms with Gasteiger partial charge in [-0.2, -0.15) is 0 Å². The summed E-state index contributed by atoms with van der Waals surface area (Å²) in [6.45, 7) is 0.787. The molecule has 0 amide bonds. The molecule has 7 aromatic carbocycles. The van der Waals surface area contributed by atoms with Crippen molar-refractivity contribution in [2.45, 2.75) is 0 Å². The monoisotopic (exact) mass is 600 g/mol. The first-order chi connectivity index (χ1) is 23.3. The lowest BCUT2D eigenvalue weighted by atomic mass is 9.88. The first kappa shape index (κ1) is 26.0. The number of dihydropyridines is 1. The van der Waals surface area contributed by atoms with Gasteiger partial charge in [-0.25, -0.2) is 9.97 Å². The van der Waals surface area contributed by atoms with Crippen molar-refractivity contribution in [3.63, 3.8) is 0 Å². The lowest BCUT2D eigenvalue weighted by Crippen LogP contribution is -2.15. The Hall–Kier alpha value is -6.26. The topological polar surface area (TPSA) is 41.1 Å². The molecule has 1 aromatic heterocycles. The van der Waals surface area contributed by atoms with Gasteiger partial charge in [-0.05, 0) is 69.7 Å². The Morgan fingerprint density at radius 2 is 1.38 bits per heavy atom. The molecule has 4 nitrogen and oxygen atoms in total. The van der Waals surface area contributed by atoms with Crippen molar-refractivity contribution < 1.29 is 0 Å². The molecule has 220 valence electrons. The van der Waals surface area contributed by atoms with E-state index in [1.165, 1.54) is 49.4 Å². The summed E-state index contributed by atoms with van der Waals surface area (Å²) in [5.41, 5.74) is 10.1. The lowest BCUT2D eigenvalue weighted by Gasteiger charge is -2.34. The molecule has 0 unspecified atom stereocenters. The highest BCUT2D eigenvalue weighted by atomic mass is 15.2. The number of rotatable bonds is 3. The van der Waals surface area contributed by atoms with Gasteiger partial charge in [0.2, 0.25) is 0 Å². The van der Waals surface area contributed by atoms with Crippen molar-refractivity contribution >= 4 is 65.9 Å². The molecule has 0 saturated heterocycles. The molecular formula is C43H28N4. The minimum Gasteiger partial charge on any atom is -0.387 e. The minimum absolute atomic E-state index is 0.734. The third kappa shape index (κ3) is 4.01. The SMILES string of the molecule is C1=CC(c2nc(-c3ccc4cc(N5c6c(ccc7ccccc67)-c6cccc7cccc5c67)ccc4c3)nc3ccccc23)=CCN1. The summed E-state index contributed by atoms with van der Waals surface area (Å²) in [4.78, 5) is 12.6. The van der Waals surface area contributed by atoms with Crippen molar-refractivity contribution in [1.29, 1.82) is 0 Å². The van der Waals surface area contributed by atoms with Gasteiger partial charge in [0.25, 0.3) is 0 Å². The second kappa shape index (κ2) is 10.1. The van der Waals surface area contributed by atoms with Crippen LogP contribution in [-0.2, 0) is 0 Å². The fourth-order valence-electron chi connectivity index (χ4n) is 7.40. The van der Waals surface area contributed by atoms with Crippen LogP contribution in [0, 0.1) is 0 Å². The van der Waals surface area contributed by atoms with Crippen LogP contribution in [-0.4, -0.2) is 16.5 Å². The van der Waals surface area contributed by atoms with Crippen molar-refractivity contribution in [2.75, 3.05) is 11.4 Å². The largest absolute Gasteiger partial charge is 0.387 e. The average Bonchev–Trinajstić information content (AvgIpc) is 3.14. The number of anilines is 3. The predicted molar refractivity (Wildman–Crippen MR) is 196 cm³/mol. The Labute approximate surface area is 272 Å². The van der Waals surface area contributed by atoms with Gasteiger partial charge in [-0.3, -0.25) is 0 Å². The molecule has 0 saturated carbocycles. The summed E-state index contributed by atoms with van der Waals surface area (Å²) >= 11 is 0. The van der Waals surface area contributed by atoms with Gasteiger partial charge in [-0.15, -0.1) is 0 Å². The second-order valence-electron chi connectivity index (χ2n) is 12.3. The van der Waals surface area contributed by atoms with Crippen LogP contribution in [0.15, 0.2) is 152 Å². The van der Waals surface area contributed by atoms with E-state index in [0.717, 1.165) is 51.2 Å². The summed E-state index contributed by atoms with van der Waals surface area (Å²) in [5, 5.41) is 11.6. The molecule has 0 aliphatic carbocycles. The number of nitrogens with one attached hydrogen (secondary N) is 1. The Morgan fingerprint density at radius 3 is 2.30 bits per heavy atom. The van der Waals surface area contributed by atoms with Crippen LogP contribution in [0.4, 0.5) is 17.1 Å². The van der Waals surface area contributed by atoms with E-state index in [-0.39, 0.29) is 0 Å². The zero-order chi connectivity index (χ0) is 30.9. The first-order valence-corrected chi connectivity index (χ1v) is 16.1. The zero-order valence-electron chi connectivity index (χ0n) is 25.5. The molecule has 4 heteroatoms. The van der Waals surface area contributed by atoms with Crippen LogP contribution < -0.4 is 10.2 Å². The molecule has 8 aromatic rings. The molecule has 10 rings (SSSR count). The number of nitrogens with zero attached hydrogens (tertiary/aromatic N) is 3. The third-order valence-corrected chi connectivity index (χ3v) is 9.58. The summed E-state index contributed by atoms with van der Waals surface area (Å²) in [6.07, 6.45) is 6.26. The normalized spacial score (nSPS) is 13.6. The molecule has 47 heavy (non-hydrogen) atoms. The maximum atomic E-state index is 5.12. The molecule has 0 fully saturated rings. The lowest BCUT2D eigenvalue weighted by molar-refractivity contribution is 0.974. The Morgan fingerprint density at radius 1 is 0.596 bits per heavy atom. The Balaban J connectivity index is 1.14. The van der Waals surface area contributed by atoms with Crippen molar-refractivity contribution in [1.82, 2.24) is 15.3 Å². The molecular weight excluding hydrogens is 573 g/mol. The highest BCUT2D eigenvalue weighted by Gasteiger charge is 2.27. The first-order valence-electron chi connectivity index (χ1n) is 16.1. The predicted octanol–water partition coefficient (Wildman–Crippen LogP) is 10.7. The number of aromatic nitrogens is 2. The van der Waals surface area contributed by atoms with Gasteiger partial charge in [0.1, 0.15) is 0 Å². The number of fused-ring (bicyclic) bond motifs is 6. The maximum Gasteiger partial charge on any atom is 0.160 e. The zero-order valence-corrected chi connectivity index (χ0v) is 25.5. The number of benzene rings is 7. The standard InChI is InChI=1S/C43H28N4/c1-2-10-34-27(7-1)18-20-36-35-12-5-8-28-9-6-14-39(40(28)35)47(42(34)36)33-19-17-30-25-32(16-15-31(30)26-33)43-45-38-13-4-3-11-37(38)41(46-43)29-21-23-44-24-22-29/h1-23,25-26,44H,24H2. The number of allylic oxidation sites excluding steroid dienone is 2. The summed E-state index contributed by atoms with van der Waals surface area (Å²) < 4.78 is 0. The Bertz CT molecular complexity index is 2640. The van der Waals surface area contributed by atoms with Crippen molar-refractivity contribution in [3.8, 4) is 22.5 Å². The van der Waals surface area contributed by atoms with Gasteiger partial charge >= 0.3 is 0 Å². The molecule has 3 heterocycles. The minimum atomic E-state index is 0.734. The van der Waals surface area contributed by atoms with Gasteiger partial charge in [0.15, 0.2) is 5.82 Å². The Kier molecular flexibility index (Phi) is 5.60. The van der Waals surface area contributed by atoms with E-state index in [0.29, 0.717) is 0 Å². The van der Waals surface area contributed by atoms with E-state index in [1.54, 1.807) is 0 Å². The van der Waals surface area contributed by atoms with Crippen molar-refractivity contribution in [3.05, 3.63) is 158 Å².